The highest BCUT2D eigenvalue weighted by molar-refractivity contribution is 5.96. The van der Waals surface area contributed by atoms with Gasteiger partial charge in [-0.25, -0.2) is 4.98 Å². The van der Waals surface area contributed by atoms with Crippen molar-refractivity contribution >= 4 is 5.91 Å². The average molecular weight is 317 g/mol. The Morgan fingerprint density at radius 2 is 2.18 bits per heavy atom. The quantitative estimate of drug-likeness (QED) is 0.564. The Hall–Kier alpha value is -2.34. The van der Waals surface area contributed by atoms with Crippen LogP contribution in [0.1, 0.15) is 10.4 Å². The molecular weight excluding hydrogens is 303 g/mol. The molecule has 0 saturated carbocycles. The molecule has 1 rings (SSSR count). The van der Waals surface area contributed by atoms with Gasteiger partial charge in [0.1, 0.15) is 25.3 Å². The first-order valence-corrected chi connectivity index (χ1v) is 6.18. The number of halogens is 3. The van der Waals surface area contributed by atoms with Gasteiger partial charge in [-0.2, -0.15) is 18.4 Å². The van der Waals surface area contributed by atoms with Crippen LogP contribution in [0.3, 0.4) is 0 Å². The summed E-state index contributed by atoms with van der Waals surface area (Å²) in [7, 11) is 1.45. The lowest BCUT2D eigenvalue weighted by Gasteiger charge is -2.21. The minimum Gasteiger partial charge on any atom is -0.475 e. The Labute approximate surface area is 125 Å². The summed E-state index contributed by atoms with van der Waals surface area (Å²) in [5, 5.41) is 8.60. The third-order valence-corrected chi connectivity index (χ3v) is 2.45. The van der Waals surface area contributed by atoms with Crippen molar-refractivity contribution in [2.24, 2.45) is 0 Å². The Morgan fingerprint density at radius 1 is 1.45 bits per heavy atom. The number of hydrogen-bond donors (Lipinski definition) is 0. The molecular formula is C13H14F3N3O3. The fraction of sp³-hybridized carbons (Fsp3) is 0.462. The van der Waals surface area contributed by atoms with Crippen molar-refractivity contribution in [1.82, 2.24) is 9.88 Å². The number of ether oxygens (including phenoxy) is 2. The van der Waals surface area contributed by atoms with Gasteiger partial charge in [0.2, 0.25) is 5.88 Å². The molecule has 9 heteroatoms. The van der Waals surface area contributed by atoms with E-state index >= 15 is 0 Å². The smallest absolute Gasteiger partial charge is 0.406 e. The Balaban J connectivity index is 2.96. The van der Waals surface area contributed by atoms with Crippen LogP contribution in [-0.4, -0.2) is 55.4 Å². The van der Waals surface area contributed by atoms with Crippen LogP contribution in [0.4, 0.5) is 13.2 Å². The number of methoxy groups -OCH3 is 1. The first-order chi connectivity index (χ1) is 10.4. The molecule has 0 aliphatic heterocycles. The number of hydrogen-bond acceptors (Lipinski definition) is 5. The molecule has 1 aromatic heterocycles. The SMILES string of the molecule is COCCOc1ncccc1C(=O)N(CC#N)CC(F)(F)F. The summed E-state index contributed by atoms with van der Waals surface area (Å²) >= 11 is 0. The second-order valence-electron chi connectivity index (χ2n) is 4.13. The number of nitrogens with zero attached hydrogens (tertiary/aromatic N) is 3. The summed E-state index contributed by atoms with van der Waals surface area (Å²) in [5.74, 6) is -1.07. The highest BCUT2D eigenvalue weighted by atomic mass is 19.4. The van der Waals surface area contributed by atoms with Crippen LogP contribution in [0.15, 0.2) is 18.3 Å². The number of carbonyl (C=O) groups is 1. The van der Waals surface area contributed by atoms with Crippen LogP contribution in [0, 0.1) is 11.3 Å². The maximum atomic E-state index is 12.5. The van der Waals surface area contributed by atoms with Gasteiger partial charge in [0.05, 0.1) is 12.7 Å². The van der Waals surface area contributed by atoms with E-state index in [-0.39, 0.29) is 24.7 Å². The topological polar surface area (TPSA) is 75.5 Å². The number of rotatable bonds is 7. The molecule has 0 spiro atoms. The van der Waals surface area contributed by atoms with Crippen LogP contribution in [-0.2, 0) is 4.74 Å². The van der Waals surface area contributed by atoms with Crippen molar-refractivity contribution in [2.45, 2.75) is 6.18 Å². The molecule has 0 aliphatic rings. The molecule has 0 aromatic carbocycles. The first-order valence-electron chi connectivity index (χ1n) is 6.18. The molecule has 0 aliphatic carbocycles. The van der Waals surface area contributed by atoms with E-state index in [1.807, 2.05) is 0 Å². The highest BCUT2D eigenvalue weighted by Gasteiger charge is 2.34. The predicted molar refractivity (Wildman–Crippen MR) is 69.2 cm³/mol. The van der Waals surface area contributed by atoms with Gasteiger partial charge >= 0.3 is 6.18 Å². The van der Waals surface area contributed by atoms with E-state index in [0.717, 1.165) is 0 Å². The lowest BCUT2D eigenvalue weighted by molar-refractivity contribution is -0.139. The molecule has 1 amide bonds. The maximum absolute atomic E-state index is 12.5. The standard InChI is InChI=1S/C13H14F3N3O3/c1-21-7-8-22-11-10(3-2-5-18-11)12(20)19(6-4-17)9-13(14,15)16/h2-3,5H,6-9H2,1H3. The number of amides is 1. The fourth-order valence-corrected chi connectivity index (χ4v) is 1.56. The lowest BCUT2D eigenvalue weighted by atomic mass is 10.2. The van der Waals surface area contributed by atoms with Crippen LogP contribution in [0.25, 0.3) is 0 Å². The van der Waals surface area contributed by atoms with Crippen LogP contribution >= 0.6 is 0 Å². The van der Waals surface area contributed by atoms with Gasteiger partial charge in [-0.3, -0.25) is 4.79 Å². The molecule has 22 heavy (non-hydrogen) atoms. The molecule has 1 aromatic rings. The summed E-state index contributed by atoms with van der Waals surface area (Å²) < 4.78 is 47.4. The second kappa shape index (κ2) is 8.19. The largest absolute Gasteiger partial charge is 0.475 e. The van der Waals surface area contributed by atoms with Crippen molar-refractivity contribution in [2.75, 3.05) is 33.4 Å². The summed E-state index contributed by atoms with van der Waals surface area (Å²) in [6.07, 6.45) is -3.26. The number of carbonyl (C=O) groups excluding carboxylic acids is 1. The highest BCUT2D eigenvalue weighted by Crippen LogP contribution is 2.21. The molecule has 0 fully saturated rings. The number of pyridine rings is 1. The summed E-state index contributed by atoms with van der Waals surface area (Å²) in [4.78, 5) is 16.4. The molecule has 0 radical (unpaired) electrons. The summed E-state index contributed by atoms with van der Waals surface area (Å²) in [6.45, 7) is -1.89. The summed E-state index contributed by atoms with van der Waals surface area (Å²) in [5.41, 5.74) is -0.141. The minimum absolute atomic E-state index is 0.0886. The minimum atomic E-state index is -4.61. The van der Waals surface area contributed by atoms with Crippen LogP contribution < -0.4 is 4.74 Å². The molecule has 1 heterocycles. The van der Waals surface area contributed by atoms with Crippen LogP contribution in [0.5, 0.6) is 5.88 Å². The number of alkyl halides is 3. The third-order valence-electron chi connectivity index (χ3n) is 2.45. The van der Waals surface area contributed by atoms with Gasteiger partial charge in [-0.05, 0) is 12.1 Å². The van der Waals surface area contributed by atoms with E-state index in [1.165, 1.54) is 31.5 Å². The van der Waals surface area contributed by atoms with Gasteiger partial charge in [0.15, 0.2) is 0 Å². The van der Waals surface area contributed by atoms with Crippen molar-refractivity contribution in [3.8, 4) is 11.9 Å². The number of nitriles is 1. The zero-order valence-electron chi connectivity index (χ0n) is 11.8. The molecule has 0 saturated heterocycles. The van der Waals surface area contributed by atoms with Crippen molar-refractivity contribution < 1.29 is 27.4 Å². The molecule has 0 unspecified atom stereocenters. The summed E-state index contributed by atoms with van der Waals surface area (Å²) in [6, 6.07) is 4.22. The van der Waals surface area contributed by atoms with E-state index in [1.54, 1.807) is 0 Å². The Kier molecular flexibility index (Phi) is 6.59. The van der Waals surface area contributed by atoms with E-state index < -0.39 is 25.2 Å². The zero-order chi connectivity index (χ0) is 16.6. The van der Waals surface area contributed by atoms with E-state index in [4.69, 9.17) is 14.7 Å². The average Bonchev–Trinajstić information content (AvgIpc) is 2.45. The van der Waals surface area contributed by atoms with E-state index in [9.17, 15) is 18.0 Å². The molecule has 0 bridgehead atoms. The van der Waals surface area contributed by atoms with Crippen LogP contribution in [0.2, 0.25) is 0 Å². The van der Waals surface area contributed by atoms with Crippen molar-refractivity contribution in [3.63, 3.8) is 0 Å². The Bertz CT molecular complexity index is 543. The normalized spacial score (nSPS) is 10.9. The van der Waals surface area contributed by atoms with E-state index in [0.29, 0.717) is 4.90 Å². The lowest BCUT2D eigenvalue weighted by Crippen LogP contribution is -2.39. The van der Waals surface area contributed by atoms with Gasteiger partial charge < -0.3 is 14.4 Å². The van der Waals surface area contributed by atoms with Crippen molar-refractivity contribution in [1.29, 1.82) is 5.26 Å². The van der Waals surface area contributed by atoms with Crippen molar-refractivity contribution in [3.05, 3.63) is 23.9 Å². The zero-order valence-corrected chi connectivity index (χ0v) is 11.8. The predicted octanol–water partition coefficient (Wildman–Crippen LogP) is 1.63. The molecule has 0 N–H and O–H groups in total. The fourth-order valence-electron chi connectivity index (χ4n) is 1.56. The van der Waals surface area contributed by atoms with Gasteiger partial charge in [0, 0.05) is 13.3 Å². The Morgan fingerprint density at radius 3 is 2.77 bits per heavy atom. The van der Waals surface area contributed by atoms with Gasteiger partial charge in [0.25, 0.3) is 5.91 Å². The maximum Gasteiger partial charge on any atom is 0.406 e. The molecule has 6 nitrogen and oxygen atoms in total. The van der Waals surface area contributed by atoms with Gasteiger partial charge in [-0.15, -0.1) is 0 Å². The van der Waals surface area contributed by atoms with E-state index in [2.05, 4.69) is 4.98 Å². The van der Waals surface area contributed by atoms with Gasteiger partial charge in [-0.1, -0.05) is 0 Å². The monoisotopic (exact) mass is 317 g/mol. The first kappa shape index (κ1) is 17.7. The molecule has 120 valence electrons. The third kappa shape index (κ3) is 5.57. The number of aromatic nitrogens is 1. The molecule has 0 atom stereocenters. The second-order valence-corrected chi connectivity index (χ2v) is 4.13.